The average Bonchev–Trinajstić information content (AvgIpc) is 3.41. The maximum Gasteiger partial charge on any atom is 0.250 e. The molecule has 3 aliphatic heterocycles. The Morgan fingerprint density at radius 2 is 1.71 bits per heavy atom. The monoisotopic (exact) mass is 549 g/mol. The van der Waals surface area contributed by atoms with E-state index in [9.17, 15) is 4.79 Å². The number of anilines is 2. The molecule has 1 spiro atoms. The van der Waals surface area contributed by atoms with Gasteiger partial charge in [0.2, 0.25) is 5.56 Å². The SMILES string of the molecule is O=c1cc(N2CCOCC2)cc(-c2cccc3c2Sc2ccc(NC4CCC5(CC4)OCCO5)cc2S3)[nH]1. The third-order valence-electron chi connectivity index (χ3n) is 7.78. The van der Waals surface area contributed by atoms with E-state index in [1.807, 2.05) is 0 Å². The van der Waals surface area contributed by atoms with Crippen molar-refractivity contribution in [1.29, 1.82) is 0 Å². The number of fused-ring (bicyclic) bond motifs is 2. The predicted octanol–water partition coefficient (Wildman–Crippen LogP) is 5.59. The van der Waals surface area contributed by atoms with Gasteiger partial charge in [0.05, 0.1) is 32.1 Å². The zero-order valence-electron chi connectivity index (χ0n) is 21.2. The lowest BCUT2D eigenvalue weighted by Crippen LogP contribution is -2.39. The zero-order valence-corrected chi connectivity index (χ0v) is 22.8. The highest BCUT2D eigenvalue weighted by Crippen LogP contribution is 2.52. The summed E-state index contributed by atoms with van der Waals surface area (Å²) in [5.74, 6) is -0.325. The number of H-pyrrole nitrogens is 1. The standard InChI is InChI=1S/C29H31N3O4S2/c33-27-18-21(32-10-12-34-13-11-32)17-23(31-27)22-2-1-3-25-28(22)38-24-5-4-20(16-26(24)37-25)30-19-6-8-29(9-7-19)35-14-15-36-29/h1-5,16-19,30H,6-15H2,(H,31,33). The van der Waals surface area contributed by atoms with Gasteiger partial charge in [0.1, 0.15) is 0 Å². The van der Waals surface area contributed by atoms with Crippen LogP contribution in [0.25, 0.3) is 11.3 Å². The van der Waals surface area contributed by atoms with Crippen molar-refractivity contribution in [2.24, 2.45) is 0 Å². The van der Waals surface area contributed by atoms with Gasteiger partial charge >= 0.3 is 0 Å². The van der Waals surface area contributed by atoms with Crippen LogP contribution in [0.15, 0.2) is 72.9 Å². The van der Waals surface area contributed by atoms with E-state index in [0.29, 0.717) is 19.3 Å². The third kappa shape index (κ3) is 4.86. The molecule has 0 radical (unpaired) electrons. The second-order valence-electron chi connectivity index (χ2n) is 10.2. The van der Waals surface area contributed by atoms with Gasteiger partial charge in [0.15, 0.2) is 5.79 Å². The topological polar surface area (TPSA) is 75.8 Å². The van der Waals surface area contributed by atoms with E-state index in [1.165, 1.54) is 19.6 Å². The molecule has 2 aromatic carbocycles. The molecule has 198 valence electrons. The van der Waals surface area contributed by atoms with Crippen LogP contribution in [-0.4, -0.2) is 56.3 Å². The van der Waals surface area contributed by atoms with Crippen molar-refractivity contribution < 1.29 is 14.2 Å². The molecule has 1 aliphatic carbocycles. The zero-order chi connectivity index (χ0) is 25.5. The highest BCUT2D eigenvalue weighted by Gasteiger charge is 2.40. The molecule has 0 bridgehead atoms. The summed E-state index contributed by atoms with van der Waals surface area (Å²) in [5.41, 5.74) is 3.96. The molecule has 4 heterocycles. The largest absolute Gasteiger partial charge is 0.382 e. The predicted molar refractivity (Wildman–Crippen MR) is 151 cm³/mol. The minimum atomic E-state index is -0.325. The number of nitrogens with one attached hydrogen (secondary N) is 2. The van der Waals surface area contributed by atoms with Crippen molar-refractivity contribution in [3.63, 3.8) is 0 Å². The molecule has 2 N–H and O–H groups in total. The van der Waals surface area contributed by atoms with E-state index in [1.54, 1.807) is 29.6 Å². The maximum atomic E-state index is 12.6. The summed E-state index contributed by atoms with van der Waals surface area (Å²) in [6.45, 7) is 4.41. The maximum absolute atomic E-state index is 12.6. The van der Waals surface area contributed by atoms with Crippen LogP contribution < -0.4 is 15.8 Å². The van der Waals surface area contributed by atoms with Crippen molar-refractivity contribution in [3.05, 3.63) is 58.9 Å². The summed E-state index contributed by atoms with van der Waals surface area (Å²) in [5, 5.41) is 3.76. The number of aromatic amines is 1. The van der Waals surface area contributed by atoms with Gasteiger partial charge < -0.3 is 29.4 Å². The lowest BCUT2D eigenvalue weighted by atomic mass is 9.90. The van der Waals surface area contributed by atoms with Crippen molar-refractivity contribution in [3.8, 4) is 11.3 Å². The first kappa shape index (κ1) is 24.6. The van der Waals surface area contributed by atoms with Crippen LogP contribution in [0.3, 0.4) is 0 Å². The molecule has 7 rings (SSSR count). The van der Waals surface area contributed by atoms with E-state index >= 15 is 0 Å². The highest BCUT2D eigenvalue weighted by molar-refractivity contribution is 8.05. The fourth-order valence-electron chi connectivity index (χ4n) is 5.81. The van der Waals surface area contributed by atoms with Gasteiger partial charge in [-0.05, 0) is 43.2 Å². The molecule has 38 heavy (non-hydrogen) atoms. The molecule has 9 heteroatoms. The molecule has 4 aliphatic rings. The molecule has 0 unspecified atom stereocenters. The third-order valence-corrected chi connectivity index (χ3v) is 10.4. The van der Waals surface area contributed by atoms with Crippen molar-refractivity contribution >= 4 is 34.9 Å². The Morgan fingerprint density at radius 1 is 0.895 bits per heavy atom. The van der Waals surface area contributed by atoms with E-state index in [4.69, 9.17) is 14.2 Å². The van der Waals surface area contributed by atoms with Gasteiger partial charge in [-0.15, -0.1) is 0 Å². The van der Waals surface area contributed by atoms with Gasteiger partial charge in [-0.2, -0.15) is 0 Å². The van der Waals surface area contributed by atoms with Gasteiger partial charge in [-0.25, -0.2) is 0 Å². The number of ether oxygens (including phenoxy) is 3. The molecular formula is C29H31N3O4S2. The number of benzene rings is 2. The molecule has 7 nitrogen and oxygen atoms in total. The van der Waals surface area contributed by atoms with Crippen LogP contribution in [-0.2, 0) is 14.2 Å². The van der Waals surface area contributed by atoms with Gasteiger partial charge in [0, 0.05) is 74.6 Å². The second-order valence-corrected chi connectivity index (χ2v) is 12.4. The summed E-state index contributed by atoms with van der Waals surface area (Å²) in [6, 6.07) is 17.3. The van der Waals surface area contributed by atoms with Gasteiger partial charge in [-0.3, -0.25) is 4.79 Å². The van der Waals surface area contributed by atoms with E-state index in [0.717, 1.165) is 74.6 Å². The summed E-state index contributed by atoms with van der Waals surface area (Å²) < 4.78 is 17.3. The van der Waals surface area contributed by atoms with Crippen LogP contribution in [0.4, 0.5) is 11.4 Å². The fraction of sp³-hybridized carbons (Fsp3) is 0.414. The number of morpholine rings is 1. The summed E-state index contributed by atoms with van der Waals surface area (Å²) in [7, 11) is 0. The lowest BCUT2D eigenvalue weighted by molar-refractivity contribution is -0.177. The Bertz CT molecular complexity index is 1390. The average molecular weight is 550 g/mol. The van der Waals surface area contributed by atoms with Crippen molar-refractivity contribution in [2.45, 2.75) is 57.1 Å². The second kappa shape index (κ2) is 10.3. The van der Waals surface area contributed by atoms with Crippen LogP contribution >= 0.6 is 23.5 Å². The van der Waals surface area contributed by atoms with Crippen molar-refractivity contribution in [2.75, 3.05) is 49.7 Å². The summed E-state index contributed by atoms with van der Waals surface area (Å²) >= 11 is 3.58. The number of pyridine rings is 1. The Labute approximate surface area is 230 Å². The lowest BCUT2D eigenvalue weighted by Gasteiger charge is -2.36. The minimum Gasteiger partial charge on any atom is -0.382 e. The molecule has 1 aromatic heterocycles. The number of aromatic nitrogens is 1. The van der Waals surface area contributed by atoms with Crippen LogP contribution in [0.1, 0.15) is 25.7 Å². The van der Waals surface area contributed by atoms with Crippen LogP contribution in [0.2, 0.25) is 0 Å². The summed E-state index contributed by atoms with van der Waals surface area (Å²) in [6.07, 6.45) is 4.00. The van der Waals surface area contributed by atoms with Crippen LogP contribution in [0, 0.1) is 0 Å². The Kier molecular flexibility index (Phi) is 6.65. The number of hydrogen-bond donors (Lipinski definition) is 2. The van der Waals surface area contributed by atoms with E-state index < -0.39 is 0 Å². The van der Waals surface area contributed by atoms with E-state index in [2.05, 4.69) is 57.7 Å². The van der Waals surface area contributed by atoms with Crippen LogP contribution in [0.5, 0.6) is 0 Å². The number of hydrogen-bond acceptors (Lipinski definition) is 8. The molecular weight excluding hydrogens is 518 g/mol. The van der Waals surface area contributed by atoms with E-state index in [-0.39, 0.29) is 11.3 Å². The molecule has 3 fully saturated rings. The first-order valence-electron chi connectivity index (χ1n) is 13.4. The molecule has 3 aromatic rings. The van der Waals surface area contributed by atoms with Gasteiger partial charge in [0.25, 0.3) is 0 Å². The first-order valence-corrected chi connectivity index (χ1v) is 15.0. The Hall–Kier alpha value is -2.43. The summed E-state index contributed by atoms with van der Waals surface area (Å²) in [4.78, 5) is 22.8. The quantitative estimate of drug-likeness (QED) is 0.341. The van der Waals surface area contributed by atoms with Gasteiger partial charge in [-0.1, -0.05) is 35.7 Å². The smallest absolute Gasteiger partial charge is 0.250 e. The molecule has 0 atom stereocenters. The number of nitrogens with zero attached hydrogens (tertiary/aromatic N) is 1. The fourth-order valence-corrected chi connectivity index (χ4v) is 8.22. The molecule has 0 amide bonds. The molecule has 1 saturated carbocycles. The molecule has 2 saturated heterocycles. The number of rotatable bonds is 4. The Balaban J connectivity index is 1.10. The van der Waals surface area contributed by atoms with Crippen molar-refractivity contribution in [1.82, 2.24) is 4.98 Å². The normalized spacial score (nSPS) is 20.8. The Morgan fingerprint density at radius 3 is 2.53 bits per heavy atom. The highest BCUT2D eigenvalue weighted by atomic mass is 32.2. The minimum absolute atomic E-state index is 0.0779. The first-order chi connectivity index (χ1) is 18.6.